The SMILES string of the molecule is CCC1(C(=O)NC2CC(OC)C2(C)C)CCCN1.Cl. The Morgan fingerprint density at radius 3 is 2.58 bits per heavy atom. The first kappa shape index (κ1) is 16.7. The van der Waals surface area contributed by atoms with Gasteiger partial charge < -0.3 is 15.4 Å². The maximum Gasteiger partial charge on any atom is 0.240 e. The lowest BCUT2D eigenvalue weighted by Gasteiger charge is -2.52. The minimum atomic E-state index is -0.325. The summed E-state index contributed by atoms with van der Waals surface area (Å²) in [5.41, 5.74) is -0.286. The topological polar surface area (TPSA) is 50.4 Å². The van der Waals surface area contributed by atoms with E-state index in [4.69, 9.17) is 4.74 Å². The van der Waals surface area contributed by atoms with Crippen molar-refractivity contribution in [3.05, 3.63) is 0 Å². The average Bonchev–Trinajstić information content (AvgIpc) is 2.83. The zero-order chi connectivity index (χ0) is 13.4. The van der Waals surface area contributed by atoms with Crippen molar-refractivity contribution < 1.29 is 9.53 Å². The van der Waals surface area contributed by atoms with Gasteiger partial charge in [-0.1, -0.05) is 20.8 Å². The minimum Gasteiger partial charge on any atom is -0.381 e. The van der Waals surface area contributed by atoms with Crippen LogP contribution in [0.3, 0.4) is 0 Å². The molecule has 1 heterocycles. The maximum absolute atomic E-state index is 12.5. The zero-order valence-electron chi connectivity index (χ0n) is 12.4. The van der Waals surface area contributed by atoms with Crippen molar-refractivity contribution in [1.82, 2.24) is 10.6 Å². The average molecular weight is 291 g/mol. The number of amides is 1. The van der Waals surface area contributed by atoms with E-state index < -0.39 is 0 Å². The van der Waals surface area contributed by atoms with Crippen LogP contribution in [0.25, 0.3) is 0 Å². The van der Waals surface area contributed by atoms with Crippen LogP contribution in [0.1, 0.15) is 46.5 Å². The van der Waals surface area contributed by atoms with Crippen LogP contribution in [-0.2, 0) is 9.53 Å². The second-order valence-corrected chi connectivity index (χ2v) is 6.27. The van der Waals surface area contributed by atoms with Gasteiger partial charge in [-0.05, 0) is 32.2 Å². The van der Waals surface area contributed by atoms with Crippen molar-refractivity contribution in [2.75, 3.05) is 13.7 Å². The minimum absolute atomic E-state index is 0. The molecule has 112 valence electrons. The van der Waals surface area contributed by atoms with E-state index in [0.29, 0.717) is 0 Å². The van der Waals surface area contributed by atoms with E-state index in [-0.39, 0.29) is 41.4 Å². The molecule has 0 aromatic heterocycles. The highest BCUT2D eigenvalue weighted by molar-refractivity contribution is 5.87. The lowest BCUT2D eigenvalue weighted by Crippen LogP contribution is -2.65. The van der Waals surface area contributed by atoms with Gasteiger partial charge in [0.05, 0.1) is 11.6 Å². The van der Waals surface area contributed by atoms with Crippen LogP contribution in [-0.4, -0.2) is 37.2 Å². The first-order chi connectivity index (χ1) is 8.46. The predicted molar refractivity (Wildman–Crippen MR) is 78.6 cm³/mol. The van der Waals surface area contributed by atoms with Crippen molar-refractivity contribution in [2.24, 2.45) is 5.41 Å². The third-order valence-corrected chi connectivity index (χ3v) is 5.05. The quantitative estimate of drug-likeness (QED) is 0.831. The Hall–Kier alpha value is -0.320. The van der Waals surface area contributed by atoms with Gasteiger partial charge in [-0.3, -0.25) is 4.79 Å². The molecule has 19 heavy (non-hydrogen) atoms. The van der Waals surface area contributed by atoms with Crippen LogP contribution in [0.2, 0.25) is 0 Å². The Balaban J connectivity index is 0.00000180. The molecule has 1 aliphatic heterocycles. The van der Waals surface area contributed by atoms with Crippen LogP contribution in [0.15, 0.2) is 0 Å². The third-order valence-electron chi connectivity index (χ3n) is 5.05. The number of nitrogens with one attached hydrogen (secondary N) is 2. The normalized spacial score (nSPS) is 36.2. The lowest BCUT2D eigenvalue weighted by molar-refractivity contribution is -0.138. The first-order valence-corrected chi connectivity index (χ1v) is 7.05. The standard InChI is InChI=1S/C14H26N2O2.ClH/c1-5-14(7-6-8-15-14)12(17)16-10-9-11(18-4)13(10,2)3;/h10-11,15H,5-9H2,1-4H3,(H,16,17);1H. The molecule has 3 atom stereocenters. The Morgan fingerprint density at radius 1 is 1.47 bits per heavy atom. The Bertz CT molecular complexity index is 327. The highest BCUT2D eigenvalue weighted by atomic mass is 35.5. The molecule has 1 saturated carbocycles. The van der Waals surface area contributed by atoms with E-state index in [2.05, 4.69) is 31.4 Å². The van der Waals surface area contributed by atoms with E-state index in [1.54, 1.807) is 7.11 Å². The zero-order valence-corrected chi connectivity index (χ0v) is 13.2. The molecule has 0 radical (unpaired) electrons. The molecule has 2 fully saturated rings. The van der Waals surface area contributed by atoms with Gasteiger partial charge in [-0.15, -0.1) is 12.4 Å². The summed E-state index contributed by atoms with van der Waals surface area (Å²) in [4.78, 5) is 12.5. The van der Waals surface area contributed by atoms with Crippen LogP contribution in [0.5, 0.6) is 0 Å². The van der Waals surface area contributed by atoms with E-state index in [1.807, 2.05) is 0 Å². The summed E-state index contributed by atoms with van der Waals surface area (Å²) < 4.78 is 5.42. The molecule has 0 aromatic rings. The number of halogens is 1. The highest BCUT2D eigenvalue weighted by Gasteiger charge is 2.51. The third kappa shape index (κ3) is 2.76. The van der Waals surface area contributed by atoms with Crippen LogP contribution < -0.4 is 10.6 Å². The van der Waals surface area contributed by atoms with Gasteiger partial charge in [0.25, 0.3) is 0 Å². The second kappa shape index (κ2) is 5.98. The Labute approximate surface area is 122 Å². The van der Waals surface area contributed by atoms with Gasteiger partial charge in [0.2, 0.25) is 5.91 Å². The summed E-state index contributed by atoms with van der Waals surface area (Å²) in [6.45, 7) is 7.37. The molecule has 3 unspecified atom stereocenters. The van der Waals surface area contributed by atoms with Gasteiger partial charge in [0.1, 0.15) is 0 Å². The molecule has 1 amide bonds. The molecule has 0 bridgehead atoms. The van der Waals surface area contributed by atoms with Gasteiger partial charge in [-0.25, -0.2) is 0 Å². The van der Waals surface area contributed by atoms with Crippen LogP contribution >= 0.6 is 12.4 Å². The summed E-state index contributed by atoms with van der Waals surface area (Å²) in [7, 11) is 1.75. The van der Waals surface area contributed by atoms with Gasteiger partial charge in [0.15, 0.2) is 0 Å². The molecule has 0 spiro atoms. The lowest BCUT2D eigenvalue weighted by atomic mass is 9.64. The molecule has 2 rings (SSSR count). The van der Waals surface area contributed by atoms with Crippen molar-refractivity contribution in [3.8, 4) is 0 Å². The van der Waals surface area contributed by atoms with E-state index in [1.165, 1.54) is 0 Å². The van der Waals surface area contributed by atoms with Crippen molar-refractivity contribution >= 4 is 18.3 Å². The molecule has 0 aromatic carbocycles. The summed E-state index contributed by atoms with van der Waals surface area (Å²) >= 11 is 0. The number of carbonyl (C=O) groups is 1. The van der Waals surface area contributed by atoms with Gasteiger partial charge in [-0.2, -0.15) is 0 Å². The molecule has 2 N–H and O–H groups in total. The fourth-order valence-electron chi connectivity index (χ4n) is 3.29. The fourth-order valence-corrected chi connectivity index (χ4v) is 3.29. The van der Waals surface area contributed by atoms with Gasteiger partial charge in [0, 0.05) is 18.6 Å². The fraction of sp³-hybridized carbons (Fsp3) is 0.929. The van der Waals surface area contributed by atoms with Crippen molar-refractivity contribution in [1.29, 1.82) is 0 Å². The maximum atomic E-state index is 12.5. The summed E-state index contributed by atoms with van der Waals surface area (Å²) in [5, 5.41) is 6.61. The molecule has 1 aliphatic carbocycles. The number of ether oxygens (including phenoxy) is 1. The van der Waals surface area contributed by atoms with Crippen molar-refractivity contribution in [2.45, 2.75) is 64.1 Å². The molecular formula is C14H27ClN2O2. The number of hydrogen-bond acceptors (Lipinski definition) is 3. The number of hydrogen-bond donors (Lipinski definition) is 2. The summed E-state index contributed by atoms with van der Waals surface area (Å²) in [5.74, 6) is 0.176. The van der Waals surface area contributed by atoms with Gasteiger partial charge >= 0.3 is 0 Å². The predicted octanol–water partition coefficient (Wildman–Crippen LogP) is 1.87. The monoisotopic (exact) mass is 290 g/mol. The number of rotatable bonds is 4. The Morgan fingerprint density at radius 2 is 2.16 bits per heavy atom. The molecular weight excluding hydrogens is 264 g/mol. The van der Waals surface area contributed by atoms with Crippen LogP contribution in [0.4, 0.5) is 0 Å². The molecule has 5 heteroatoms. The second-order valence-electron chi connectivity index (χ2n) is 6.27. The molecule has 1 saturated heterocycles. The largest absolute Gasteiger partial charge is 0.381 e. The van der Waals surface area contributed by atoms with E-state index in [9.17, 15) is 4.79 Å². The van der Waals surface area contributed by atoms with Crippen LogP contribution in [0, 0.1) is 5.41 Å². The highest BCUT2D eigenvalue weighted by Crippen LogP contribution is 2.42. The Kier molecular flexibility index (Phi) is 5.27. The van der Waals surface area contributed by atoms with E-state index >= 15 is 0 Å². The smallest absolute Gasteiger partial charge is 0.240 e. The van der Waals surface area contributed by atoms with Crippen molar-refractivity contribution in [3.63, 3.8) is 0 Å². The number of carbonyl (C=O) groups excluding carboxylic acids is 1. The molecule has 2 aliphatic rings. The summed E-state index contributed by atoms with van der Waals surface area (Å²) in [6, 6.07) is 0.237. The first-order valence-electron chi connectivity index (χ1n) is 7.05. The summed E-state index contributed by atoms with van der Waals surface area (Å²) in [6.07, 6.45) is 4.10. The molecule has 4 nitrogen and oxygen atoms in total. The number of methoxy groups -OCH3 is 1. The van der Waals surface area contributed by atoms with E-state index in [0.717, 1.165) is 32.2 Å².